The number of hydrogen-bond donors (Lipinski definition) is 3. The summed E-state index contributed by atoms with van der Waals surface area (Å²) < 4.78 is 0. The molecule has 8 nitrogen and oxygen atoms in total. The molecule has 0 aliphatic carbocycles. The summed E-state index contributed by atoms with van der Waals surface area (Å²) in [6.45, 7) is 2.55. The first kappa shape index (κ1) is 18.9. The number of nitrogens with zero attached hydrogens (tertiary/aromatic N) is 2. The van der Waals surface area contributed by atoms with Gasteiger partial charge in [0.1, 0.15) is 11.7 Å². The molecular weight excluding hydrogens is 356 g/mol. The van der Waals surface area contributed by atoms with Gasteiger partial charge in [-0.25, -0.2) is 4.79 Å². The topological polar surface area (TPSA) is 116 Å². The van der Waals surface area contributed by atoms with Crippen molar-refractivity contribution in [2.75, 3.05) is 38.2 Å². The summed E-state index contributed by atoms with van der Waals surface area (Å²) in [5, 5.41) is 12.9. The number of carbonyl (C=O) groups excluding carboxylic acids is 2. The average Bonchev–Trinajstić information content (AvgIpc) is 3.24. The lowest BCUT2D eigenvalue weighted by Crippen LogP contribution is -2.61. The zero-order chi connectivity index (χ0) is 18.8. The number of allylic oxidation sites excluding steroid dienone is 1. The third kappa shape index (κ3) is 3.51. The number of carboxylic acids is 1. The predicted octanol–water partition coefficient (Wildman–Crippen LogP) is -0.622. The standard InChI is InChI=1S/C17H24N4O4S/c1-26-9-11(14(17(24)25)21-8-13(18)16(21)23)6-10-3-5-20(15(10)22)12-2-4-19-7-12/h6,12-13,19H,2-5,7-9,18H2,1H3,(H,24,25)/b10-6+,14-11-/t12?,13-/m0/s1. The van der Waals surface area contributed by atoms with Crippen LogP contribution in [0.25, 0.3) is 0 Å². The van der Waals surface area contributed by atoms with Crippen molar-refractivity contribution in [2.24, 2.45) is 5.73 Å². The zero-order valence-corrected chi connectivity index (χ0v) is 15.6. The van der Waals surface area contributed by atoms with Gasteiger partial charge < -0.3 is 26.0 Å². The molecule has 0 saturated carbocycles. The minimum absolute atomic E-state index is 0.0336. The van der Waals surface area contributed by atoms with E-state index >= 15 is 0 Å². The van der Waals surface area contributed by atoms with Crippen LogP contribution in [0.15, 0.2) is 22.9 Å². The Kier molecular flexibility index (Phi) is 5.69. The van der Waals surface area contributed by atoms with Crippen LogP contribution in [0.5, 0.6) is 0 Å². The van der Waals surface area contributed by atoms with E-state index in [1.165, 1.54) is 16.7 Å². The molecule has 3 fully saturated rings. The molecule has 0 radical (unpaired) electrons. The summed E-state index contributed by atoms with van der Waals surface area (Å²) in [5.41, 5.74) is 6.64. The predicted molar refractivity (Wildman–Crippen MR) is 98.4 cm³/mol. The number of likely N-dealkylation sites (tertiary alicyclic amines) is 2. The fourth-order valence-electron chi connectivity index (χ4n) is 3.65. The quantitative estimate of drug-likeness (QED) is 0.415. The molecule has 3 saturated heterocycles. The molecule has 2 amide bonds. The Morgan fingerprint density at radius 2 is 2.23 bits per heavy atom. The van der Waals surface area contributed by atoms with Crippen molar-refractivity contribution in [2.45, 2.75) is 24.9 Å². The fourth-order valence-corrected chi connectivity index (χ4v) is 4.18. The van der Waals surface area contributed by atoms with Gasteiger partial charge in [0, 0.05) is 30.5 Å². The van der Waals surface area contributed by atoms with Gasteiger partial charge in [-0.2, -0.15) is 11.8 Å². The molecule has 9 heteroatoms. The van der Waals surface area contributed by atoms with Gasteiger partial charge in [0.15, 0.2) is 0 Å². The highest BCUT2D eigenvalue weighted by atomic mass is 32.2. The third-order valence-electron chi connectivity index (χ3n) is 5.02. The molecular formula is C17H24N4O4S. The maximum absolute atomic E-state index is 12.7. The van der Waals surface area contributed by atoms with Crippen LogP contribution in [-0.4, -0.2) is 83.0 Å². The van der Waals surface area contributed by atoms with Crippen LogP contribution in [0.2, 0.25) is 0 Å². The van der Waals surface area contributed by atoms with Crippen LogP contribution >= 0.6 is 11.8 Å². The third-order valence-corrected chi connectivity index (χ3v) is 5.62. The Hall–Kier alpha value is -1.84. The molecule has 3 aliphatic rings. The van der Waals surface area contributed by atoms with E-state index in [-0.39, 0.29) is 24.2 Å². The number of carboxylic acid groups (broad SMARTS) is 1. The molecule has 3 aliphatic heterocycles. The Balaban J connectivity index is 1.89. The smallest absolute Gasteiger partial charge is 0.352 e. The maximum atomic E-state index is 12.7. The number of hydrogen-bond acceptors (Lipinski definition) is 6. The maximum Gasteiger partial charge on any atom is 0.352 e. The van der Waals surface area contributed by atoms with Crippen LogP contribution in [0.1, 0.15) is 12.8 Å². The van der Waals surface area contributed by atoms with E-state index in [1.54, 1.807) is 6.08 Å². The summed E-state index contributed by atoms with van der Waals surface area (Å²) in [6, 6.07) is -0.443. The van der Waals surface area contributed by atoms with Gasteiger partial charge in [-0.1, -0.05) is 0 Å². The highest BCUT2D eigenvalue weighted by Gasteiger charge is 2.40. The largest absolute Gasteiger partial charge is 0.477 e. The monoisotopic (exact) mass is 380 g/mol. The highest BCUT2D eigenvalue weighted by Crippen LogP contribution is 2.27. The lowest BCUT2D eigenvalue weighted by molar-refractivity contribution is -0.146. The second kappa shape index (κ2) is 7.81. The van der Waals surface area contributed by atoms with Gasteiger partial charge in [-0.3, -0.25) is 9.59 Å². The van der Waals surface area contributed by atoms with Gasteiger partial charge in [0.25, 0.3) is 0 Å². The second-order valence-corrected chi connectivity index (χ2v) is 7.60. The van der Waals surface area contributed by atoms with E-state index in [0.717, 1.165) is 19.5 Å². The molecule has 2 atom stereocenters. The fraction of sp³-hybridized carbons (Fsp3) is 0.588. The molecule has 1 unspecified atom stereocenters. The van der Waals surface area contributed by atoms with E-state index in [0.29, 0.717) is 29.9 Å². The molecule has 0 bridgehead atoms. The molecule has 0 aromatic carbocycles. The molecule has 0 aromatic rings. The molecule has 0 aromatic heterocycles. The average molecular weight is 380 g/mol. The number of amides is 2. The Labute approximate surface area is 156 Å². The minimum Gasteiger partial charge on any atom is -0.477 e. The molecule has 26 heavy (non-hydrogen) atoms. The van der Waals surface area contributed by atoms with Gasteiger partial charge in [-0.15, -0.1) is 0 Å². The van der Waals surface area contributed by atoms with Crippen molar-refractivity contribution in [1.82, 2.24) is 15.1 Å². The number of thioether (sulfide) groups is 1. The lowest BCUT2D eigenvalue weighted by Gasteiger charge is -2.37. The number of rotatable bonds is 6. The van der Waals surface area contributed by atoms with Crippen LogP contribution in [0.4, 0.5) is 0 Å². The van der Waals surface area contributed by atoms with E-state index in [4.69, 9.17) is 5.73 Å². The van der Waals surface area contributed by atoms with Crippen LogP contribution in [0.3, 0.4) is 0 Å². The molecule has 0 spiro atoms. The van der Waals surface area contributed by atoms with Crippen molar-refractivity contribution in [3.8, 4) is 0 Å². The molecule has 4 N–H and O–H groups in total. The Bertz CT molecular complexity index is 684. The molecule has 3 heterocycles. The van der Waals surface area contributed by atoms with Crippen molar-refractivity contribution >= 4 is 29.5 Å². The number of aliphatic carboxylic acids is 1. The van der Waals surface area contributed by atoms with E-state index in [1.807, 2.05) is 11.2 Å². The second-order valence-electron chi connectivity index (χ2n) is 6.73. The van der Waals surface area contributed by atoms with Gasteiger partial charge in [0.05, 0.1) is 6.54 Å². The Morgan fingerprint density at radius 3 is 2.77 bits per heavy atom. The number of nitrogens with two attached hydrogens (primary N) is 1. The van der Waals surface area contributed by atoms with E-state index < -0.39 is 17.9 Å². The minimum atomic E-state index is -1.17. The summed E-state index contributed by atoms with van der Waals surface area (Å²) in [6.07, 6.45) is 5.05. The summed E-state index contributed by atoms with van der Waals surface area (Å²) in [4.78, 5) is 39.6. The normalized spacial score (nSPS) is 28.6. The molecule has 3 rings (SSSR count). The molecule has 142 valence electrons. The van der Waals surface area contributed by atoms with Crippen LogP contribution in [-0.2, 0) is 14.4 Å². The van der Waals surface area contributed by atoms with Crippen molar-refractivity contribution in [3.63, 3.8) is 0 Å². The first-order valence-electron chi connectivity index (χ1n) is 8.68. The summed E-state index contributed by atoms with van der Waals surface area (Å²) >= 11 is 1.45. The van der Waals surface area contributed by atoms with Crippen LogP contribution in [0, 0.1) is 0 Å². The van der Waals surface area contributed by atoms with E-state index in [9.17, 15) is 19.5 Å². The van der Waals surface area contributed by atoms with Crippen molar-refractivity contribution in [1.29, 1.82) is 0 Å². The summed E-state index contributed by atoms with van der Waals surface area (Å²) in [7, 11) is 0. The lowest BCUT2D eigenvalue weighted by atomic mass is 10.0. The zero-order valence-electron chi connectivity index (χ0n) is 14.7. The number of β-lactam (4-membered cyclic amide) rings is 1. The number of carbonyl (C=O) groups is 3. The Morgan fingerprint density at radius 1 is 1.46 bits per heavy atom. The highest BCUT2D eigenvalue weighted by molar-refractivity contribution is 7.98. The first-order valence-corrected chi connectivity index (χ1v) is 10.1. The van der Waals surface area contributed by atoms with Gasteiger partial charge >= 0.3 is 5.97 Å². The summed E-state index contributed by atoms with van der Waals surface area (Å²) in [5.74, 6) is -1.19. The van der Waals surface area contributed by atoms with Crippen molar-refractivity contribution in [3.05, 3.63) is 22.9 Å². The number of nitrogens with one attached hydrogen (secondary N) is 1. The van der Waals surface area contributed by atoms with Gasteiger partial charge in [0.2, 0.25) is 11.8 Å². The van der Waals surface area contributed by atoms with Crippen molar-refractivity contribution < 1.29 is 19.5 Å². The van der Waals surface area contributed by atoms with Crippen LogP contribution < -0.4 is 11.1 Å². The SMILES string of the molecule is CSCC(/C=C1\CCN(C2CCNC2)C1=O)=C(/C(=O)O)N1C[C@H](N)C1=O. The van der Waals surface area contributed by atoms with E-state index in [2.05, 4.69) is 5.32 Å². The van der Waals surface area contributed by atoms with Gasteiger partial charge in [-0.05, 0) is 37.3 Å². The first-order chi connectivity index (χ1) is 12.4.